The van der Waals surface area contributed by atoms with Gasteiger partial charge in [0.15, 0.2) is 5.13 Å². The molecule has 1 saturated heterocycles. The van der Waals surface area contributed by atoms with Crippen molar-refractivity contribution >= 4 is 28.3 Å². The molecule has 0 spiro atoms. The van der Waals surface area contributed by atoms with E-state index in [2.05, 4.69) is 15.3 Å². The van der Waals surface area contributed by atoms with Gasteiger partial charge in [-0.3, -0.25) is 19.9 Å². The lowest BCUT2D eigenvalue weighted by Crippen LogP contribution is -2.40. The van der Waals surface area contributed by atoms with Crippen LogP contribution in [0.4, 0.5) is 5.13 Å². The van der Waals surface area contributed by atoms with Gasteiger partial charge in [-0.2, -0.15) is 0 Å². The maximum absolute atomic E-state index is 12.9. The molecule has 2 fully saturated rings. The second kappa shape index (κ2) is 8.59. The molecule has 2 aromatic rings. The monoisotopic (exact) mass is 414 g/mol. The van der Waals surface area contributed by atoms with Gasteiger partial charge in [0, 0.05) is 24.3 Å². The number of hydrogen-bond acceptors (Lipinski definition) is 6. The molecule has 0 radical (unpaired) electrons. The average molecular weight is 415 g/mol. The van der Waals surface area contributed by atoms with Gasteiger partial charge in [0.1, 0.15) is 0 Å². The average Bonchev–Trinajstić information content (AvgIpc) is 3.40. The summed E-state index contributed by atoms with van der Waals surface area (Å²) in [5, 5.41) is 15.8. The number of anilines is 1. The second-order valence-corrected chi connectivity index (χ2v) is 8.86. The smallest absolute Gasteiger partial charge is 0.259 e. The van der Waals surface area contributed by atoms with E-state index in [1.54, 1.807) is 23.8 Å². The van der Waals surface area contributed by atoms with E-state index in [0.717, 1.165) is 37.8 Å². The fourth-order valence-corrected chi connectivity index (χ4v) is 4.86. The van der Waals surface area contributed by atoms with Crippen LogP contribution in [0.3, 0.4) is 0 Å². The Morgan fingerprint density at radius 1 is 1.21 bits per heavy atom. The molecule has 8 heteroatoms. The molecular weight excluding hydrogens is 388 g/mol. The summed E-state index contributed by atoms with van der Waals surface area (Å²) in [4.78, 5) is 35.6. The molecule has 1 unspecified atom stereocenters. The van der Waals surface area contributed by atoms with Crippen LogP contribution in [0.15, 0.2) is 29.9 Å². The number of hydrogen-bond donors (Lipinski definition) is 2. The Morgan fingerprint density at radius 2 is 2.03 bits per heavy atom. The lowest BCUT2D eigenvalue weighted by atomic mass is 9.82. The van der Waals surface area contributed by atoms with Crippen LogP contribution < -0.4 is 5.32 Å². The number of thiazole rings is 1. The Labute approximate surface area is 174 Å². The first kappa shape index (κ1) is 20.0. The Balaban J connectivity index is 1.41. The largest absolute Gasteiger partial charge is 0.389 e. The van der Waals surface area contributed by atoms with E-state index in [0.29, 0.717) is 30.1 Å². The Kier molecular flexibility index (Phi) is 5.91. The van der Waals surface area contributed by atoms with E-state index in [4.69, 9.17) is 0 Å². The zero-order valence-corrected chi connectivity index (χ0v) is 17.2. The third kappa shape index (κ3) is 4.64. The third-order valence-electron chi connectivity index (χ3n) is 5.88. The van der Waals surface area contributed by atoms with Crippen molar-refractivity contribution in [2.45, 2.75) is 63.0 Å². The zero-order valence-electron chi connectivity index (χ0n) is 16.3. The van der Waals surface area contributed by atoms with E-state index in [-0.39, 0.29) is 24.3 Å². The van der Waals surface area contributed by atoms with Gasteiger partial charge in [-0.15, -0.1) is 11.3 Å². The van der Waals surface area contributed by atoms with Crippen molar-refractivity contribution < 1.29 is 14.7 Å². The van der Waals surface area contributed by atoms with E-state index < -0.39 is 5.60 Å². The molecule has 2 aliphatic rings. The Morgan fingerprint density at radius 3 is 2.72 bits per heavy atom. The molecule has 0 aromatic carbocycles. The maximum atomic E-state index is 12.9. The first-order valence-corrected chi connectivity index (χ1v) is 11.1. The van der Waals surface area contributed by atoms with E-state index in [1.165, 1.54) is 11.3 Å². The number of aromatic nitrogens is 2. The normalized spacial score (nSPS) is 21.1. The predicted octanol–water partition coefficient (Wildman–Crippen LogP) is 3.54. The van der Waals surface area contributed by atoms with Gasteiger partial charge in [-0.1, -0.05) is 19.3 Å². The summed E-state index contributed by atoms with van der Waals surface area (Å²) in [5.74, 6) is -0.248. The molecule has 1 atom stereocenters. The van der Waals surface area contributed by atoms with Crippen molar-refractivity contribution in [3.8, 4) is 0 Å². The number of nitrogens with one attached hydrogen (secondary N) is 1. The number of pyridine rings is 1. The van der Waals surface area contributed by atoms with E-state index >= 15 is 0 Å². The van der Waals surface area contributed by atoms with Gasteiger partial charge in [-0.05, 0) is 37.8 Å². The topological polar surface area (TPSA) is 95.4 Å². The van der Waals surface area contributed by atoms with Crippen molar-refractivity contribution in [3.63, 3.8) is 0 Å². The van der Waals surface area contributed by atoms with Crippen molar-refractivity contribution in [2.75, 3.05) is 11.9 Å². The molecule has 2 aromatic heterocycles. The van der Waals surface area contributed by atoms with Crippen molar-refractivity contribution in [1.82, 2.24) is 14.9 Å². The van der Waals surface area contributed by atoms with Crippen LogP contribution in [0.2, 0.25) is 0 Å². The fourth-order valence-electron chi connectivity index (χ4n) is 4.33. The molecule has 2 N–H and O–H groups in total. The van der Waals surface area contributed by atoms with E-state index in [9.17, 15) is 14.7 Å². The number of carbonyl (C=O) groups excluding carboxylic acids is 2. The Bertz CT molecular complexity index is 847. The summed E-state index contributed by atoms with van der Waals surface area (Å²) in [7, 11) is 0. The summed E-state index contributed by atoms with van der Waals surface area (Å²) in [6.07, 6.45) is 9.66. The number of amides is 2. The highest BCUT2D eigenvalue weighted by Gasteiger charge is 2.37. The molecule has 1 aliphatic carbocycles. The molecule has 1 aliphatic heterocycles. The molecule has 3 heterocycles. The number of likely N-dealkylation sites (tertiary alicyclic amines) is 1. The lowest BCUT2D eigenvalue weighted by molar-refractivity contribution is -0.138. The quantitative estimate of drug-likeness (QED) is 0.780. The minimum Gasteiger partial charge on any atom is -0.389 e. The van der Waals surface area contributed by atoms with Gasteiger partial charge in [-0.25, -0.2) is 4.98 Å². The molecular formula is C21H26N4O3S. The number of nitrogens with zero attached hydrogens (tertiary/aromatic N) is 3. The molecule has 154 valence electrons. The Hall–Kier alpha value is -2.32. The van der Waals surface area contributed by atoms with Crippen LogP contribution in [0.5, 0.6) is 0 Å². The highest BCUT2D eigenvalue weighted by atomic mass is 32.1. The second-order valence-electron chi connectivity index (χ2n) is 7.97. The summed E-state index contributed by atoms with van der Waals surface area (Å²) >= 11 is 1.36. The van der Waals surface area contributed by atoms with Crippen molar-refractivity contribution in [1.29, 1.82) is 0 Å². The first-order valence-electron chi connectivity index (χ1n) is 10.2. The lowest BCUT2D eigenvalue weighted by Gasteiger charge is -2.34. The number of aliphatic hydroxyl groups is 1. The highest BCUT2D eigenvalue weighted by molar-refractivity contribution is 7.13. The first-order chi connectivity index (χ1) is 14.0. The summed E-state index contributed by atoms with van der Waals surface area (Å²) < 4.78 is 0. The predicted molar refractivity (Wildman–Crippen MR) is 111 cm³/mol. The minimum absolute atomic E-state index is 0.00397. The third-order valence-corrected chi connectivity index (χ3v) is 6.57. The van der Waals surface area contributed by atoms with Crippen molar-refractivity contribution in [2.24, 2.45) is 0 Å². The zero-order chi connectivity index (χ0) is 20.3. The van der Waals surface area contributed by atoms with Crippen LogP contribution in [0, 0.1) is 0 Å². The molecule has 7 nitrogen and oxygen atoms in total. The van der Waals surface area contributed by atoms with Crippen LogP contribution in [-0.2, 0) is 4.79 Å². The maximum Gasteiger partial charge on any atom is 0.259 e. The van der Waals surface area contributed by atoms with Crippen LogP contribution >= 0.6 is 11.3 Å². The summed E-state index contributed by atoms with van der Waals surface area (Å²) in [6, 6.07) is 3.47. The minimum atomic E-state index is -0.853. The molecule has 4 rings (SSSR count). The van der Waals surface area contributed by atoms with Gasteiger partial charge < -0.3 is 10.0 Å². The van der Waals surface area contributed by atoms with Crippen LogP contribution in [0.25, 0.3) is 0 Å². The summed E-state index contributed by atoms with van der Waals surface area (Å²) in [6.45, 7) is 0.688. The molecule has 2 amide bonds. The molecule has 0 bridgehead atoms. The standard InChI is InChI=1S/C21H26N4O3S/c26-18(13-21(28)8-2-1-3-9-21)25-11-4-5-17(25)16-7-6-15(14-23-16)19(27)24-20-22-10-12-29-20/h6-7,10,12,14,17,28H,1-5,8-9,11,13H2,(H,22,24,27). The van der Waals surface area contributed by atoms with Crippen LogP contribution in [0.1, 0.15) is 73.5 Å². The molecule has 1 saturated carbocycles. The highest BCUT2D eigenvalue weighted by Crippen LogP contribution is 2.35. The van der Waals surface area contributed by atoms with Crippen LogP contribution in [-0.4, -0.2) is 43.9 Å². The summed E-state index contributed by atoms with van der Waals surface area (Å²) in [5.41, 5.74) is 0.391. The van der Waals surface area contributed by atoms with E-state index in [1.807, 2.05) is 11.0 Å². The van der Waals surface area contributed by atoms with Gasteiger partial charge >= 0.3 is 0 Å². The number of carbonyl (C=O) groups is 2. The molecule has 29 heavy (non-hydrogen) atoms. The van der Waals surface area contributed by atoms with Gasteiger partial charge in [0.25, 0.3) is 5.91 Å². The van der Waals surface area contributed by atoms with Gasteiger partial charge in [0.05, 0.1) is 29.3 Å². The SMILES string of the molecule is O=C(Nc1nccs1)c1ccc(C2CCCN2C(=O)CC2(O)CCCCC2)nc1. The number of rotatable bonds is 5. The van der Waals surface area contributed by atoms with Gasteiger partial charge in [0.2, 0.25) is 5.91 Å². The fraction of sp³-hybridized carbons (Fsp3) is 0.524. The van der Waals surface area contributed by atoms with Crippen molar-refractivity contribution in [3.05, 3.63) is 41.2 Å².